The number of hydrogen-bond acceptors (Lipinski definition) is 3. The monoisotopic (exact) mass is 356 g/mol. The minimum absolute atomic E-state index is 0.245. The van der Waals surface area contributed by atoms with Crippen molar-refractivity contribution >= 4 is 5.91 Å². The molecule has 1 heterocycles. The van der Waals surface area contributed by atoms with Crippen LogP contribution in [0.1, 0.15) is 56.6 Å². The molecule has 0 aromatic heterocycles. The number of nitrogens with zero attached hydrogens (tertiary/aromatic N) is 1. The van der Waals surface area contributed by atoms with E-state index < -0.39 is 0 Å². The maximum absolute atomic E-state index is 12.6. The fraction of sp³-hybridized carbons (Fsp3) is 0.682. The van der Waals surface area contributed by atoms with E-state index in [1.54, 1.807) is 7.11 Å². The summed E-state index contributed by atoms with van der Waals surface area (Å²) in [5.74, 6) is 3.50. The number of likely N-dealkylation sites (tertiary alicyclic amines) is 1. The second-order valence-electron chi connectivity index (χ2n) is 8.48. The second-order valence-corrected chi connectivity index (χ2v) is 8.48. The van der Waals surface area contributed by atoms with Gasteiger partial charge in [0.25, 0.3) is 0 Å². The van der Waals surface area contributed by atoms with Crippen molar-refractivity contribution in [1.29, 1.82) is 0 Å². The van der Waals surface area contributed by atoms with Crippen LogP contribution in [0.4, 0.5) is 0 Å². The lowest BCUT2D eigenvalue weighted by Gasteiger charge is -2.29. The van der Waals surface area contributed by atoms with Crippen LogP contribution in [0.5, 0.6) is 5.75 Å². The first-order valence-electron chi connectivity index (χ1n) is 10.4. The normalized spacial score (nSPS) is 29.0. The molecule has 1 aromatic carbocycles. The zero-order chi connectivity index (χ0) is 17.9. The Morgan fingerprint density at radius 2 is 2.12 bits per heavy atom. The van der Waals surface area contributed by atoms with Crippen LogP contribution in [0.2, 0.25) is 0 Å². The Morgan fingerprint density at radius 3 is 2.81 bits per heavy atom. The summed E-state index contributed by atoms with van der Waals surface area (Å²) in [7, 11) is 1.71. The first-order valence-corrected chi connectivity index (χ1v) is 10.4. The number of rotatable bonds is 7. The highest BCUT2D eigenvalue weighted by Crippen LogP contribution is 2.49. The minimum Gasteiger partial charge on any atom is -0.497 e. The van der Waals surface area contributed by atoms with Crippen molar-refractivity contribution in [2.45, 2.75) is 51.0 Å². The molecule has 4 rings (SSSR count). The van der Waals surface area contributed by atoms with Crippen molar-refractivity contribution < 1.29 is 9.53 Å². The van der Waals surface area contributed by atoms with Crippen molar-refractivity contribution in [3.63, 3.8) is 0 Å². The summed E-state index contributed by atoms with van der Waals surface area (Å²) in [6.07, 6.45) is 8.63. The van der Waals surface area contributed by atoms with Crippen LogP contribution in [0.15, 0.2) is 24.3 Å². The molecule has 1 aromatic rings. The Bertz CT molecular complexity index is 626. The van der Waals surface area contributed by atoms with Crippen molar-refractivity contribution in [1.82, 2.24) is 10.2 Å². The molecule has 3 fully saturated rings. The predicted molar refractivity (Wildman–Crippen MR) is 103 cm³/mol. The highest BCUT2D eigenvalue weighted by molar-refractivity contribution is 5.76. The molecule has 1 saturated heterocycles. The molecular formula is C22H32N2O2. The Kier molecular flexibility index (Phi) is 5.49. The number of amides is 1. The molecular weight excluding hydrogens is 324 g/mol. The lowest BCUT2D eigenvalue weighted by Crippen LogP contribution is -2.37. The standard InChI is InChI=1S/C22H32N2O2/c1-26-20-6-4-5-18(13-20)21(24-9-2-3-10-24)15-23-22(25)14-19-12-16-7-8-17(19)11-16/h4-6,13,16-17,19,21H,2-3,7-12,14-15H2,1H3,(H,23,25). The van der Waals surface area contributed by atoms with E-state index in [-0.39, 0.29) is 11.9 Å². The van der Waals surface area contributed by atoms with Gasteiger partial charge in [-0.15, -0.1) is 0 Å². The summed E-state index contributed by atoms with van der Waals surface area (Å²) in [6.45, 7) is 2.93. The second kappa shape index (κ2) is 7.99. The number of ether oxygens (including phenoxy) is 1. The molecule has 0 radical (unpaired) electrons. The van der Waals surface area contributed by atoms with Gasteiger partial charge in [-0.25, -0.2) is 0 Å². The van der Waals surface area contributed by atoms with Gasteiger partial charge >= 0.3 is 0 Å². The predicted octanol–water partition coefficient (Wildman–Crippen LogP) is 3.77. The Balaban J connectivity index is 1.37. The fourth-order valence-electron chi connectivity index (χ4n) is 5.51. The van der Waals surface area contributed by atoms with Gasteiger partial charge in [0.1, 0.15) is 5.75 Å². The van der Waals surface area contributed by atoms with Gasteiger partial charge in [-0.2, -0.15) is 0 Å². The molecule has 1 aliphatic heterocycles. The summed E-state index contributed by atoms with van der Waals surface area (Å²) >= 11 is 0. The third kappa shape index (κ3) is 3.90. The molecule has 4 nitrogen and oxygen atoms in total. The number of carbonyl (C=O) groups is 1. The van der Waals surface area contributed by atoms with E-state index in [1.807, 2.05) is 12.1 Å². The van der Waals surface area contributed by atoms with Crippen molar-refractivity contribution in [2.24, 2.45) is 17.8 Å². The molecule has 2 bridgehead atoms. The van der Waals surface area contributed by atoms with Gasteiger partial charge in [-0.1, -0.05) is 18.6 Å². The molecule has 2 saturated carbocycles. The SMILES string of the molecule is COc1cccc(C(CNC(=O)CC2CC3CCC2C3)N2CCCC2)c1. The van der Waals surface area contributed by atoms with Crippen molar-refractivity contribution in [3.05, 3.63) is 29.8 Å². The number of methoxy groups -OCH3 is 1. The fourth-order valence-corrected chi connectivity index (χ4v) is 5.51. The molecule has 0 spiro atoms. The number of nitrogens with one attached hydrogen (secondary N) is 1. The summed E-state index contributed by atoms with van der Waals surface area (Å²) in [6, 6.07) is 8.56. The number of benzene rings is 1. The van der Waals surface area contributed by atoms with Crippen LogP contribution in [-0.4, -0.2) is 37.6 Å². The number of carbonyl (C=O) groups excluding carboxylic acids is 1. The van der Waals surface area contributed by atoms with E-state index in [4.69, 9.17) is 4.74 Å². The molecule has 4 atom stereocenters. The first kappa shape index (κ1) is 17.8. The molecule has 1 amide bonds. The van der Waals surface area contributed by atoms with E-state index in [1.165, 1.54) is 44.1 Å². The first-order chi connectivity index (χ1) is 12.7. The van der Waals surface area contributed by atoms with Crippen LogP contribution in [0.25, 0.3) is 0 Å². The third-order valence-corrected chi connectivity index (χ3v) is 6.88. The summed E-state index contributed by atoms with van der Waals surface area (Å²) in [5.41, 5.74) is 1.24. The third-order valence-electron chi connectivity index (χ3n) is 6.88. The van der Waals surface area contributed by atoms with Crippen LogP contribution in [0.3, 0.4) is 0 Å². The molecule has 142 valence electrons. The van der Waals surface area contributed by atoms with E-state index in [9.17, 15) is 4.79 Å². The molecule has 4 unspecified atom stereocenters. The quantitative estimate of drug-likeness (QED) is 0.808. The Morgan fingerprint density at radius 1 is 1.27 bits per heavy atom. The highest BCUT2D eigenvalue weighted by atomic mass is 16.5. The smallest absolute Gasteiger partial charge is 0.220 e. The highest BCUT2D eigenvalue weighted by Gasteiger charge is 2.40. The zero-order valence-electron chi connectivity index (χ0n) is 16.0. The number of hydrogen-bond donors (Lipinski definition) is 1. The lowest BCUT2D eigenvalue weighted by molar-refractivity contribution is -0.122. The van der Waals surface area contributed by atoms with Crippen LogP contribution in [0, 0.1) is 17.8 Å². The van der Waals surface area contributed by atoms with Gasteiger partial charge in [0.05, 0.1) is 13.2 Å². The van der Waals surface area contributed by atoms with Crippen LogP contribution >= 0.6 is 0 Å². The van der Waals surface area contributed by atoms with Crippen molar-refractivity contribution in [3.8, 4) is 5.75 Å². The van der Waals surface area contributed by atoms with E-state index >= 15 is 0 Å². The molecule has 2 aliphatic carbocycles. The summed E-state index contributed by atoms with van der Waals surface area (Å²) < 4.78 is 5.40. The number of fused-ring (bicyclic) bond motifs is 2. The van der Waals surface area contributed by atoms with Gasteiger partial charge < -0.3 is 10.1 Å². The largest absolute Gasteiger partial charge is 0.497 e. The molecule has 4 heteroatoms. The maximum atomic E-state index is 12.6. The lowest BCUT2D eigenvalue weighted by atomic mass is 9.86. The van der Waals surface area contributed by atoms with E-state index in [0.29, 0.717) is 12.5 Å². The van der Waals surface area contributed by atoms with Crippen LogP contribution in [-0.2, 0) is 4.79 Å². The maximum Gasteiger partial charge on any atom is 0.220 e. The topological polar surface area (TPSA) is 41.6 Å². The Labute approximate surface area is 157 Å². The summed E-state index contributed by atoms with van der Waals surface area (Å²) in [5, 5.41) is 3.26. The van der Waals surface area contributed by atoms with Gasteiger partial charge in [0.2, 0.25) is 5.91 Å². The Hall–Kier alpha value is -1.55. The van der Waals surface area contributed by atoms with E-state index in [2.05, 4.69) is 22.3 Å². The molecule has 1 N–H and O–H groups in total. The average Bonchev–Trinajstić information content (AvgIpc) is 3.40. The van der Waals surface area contributed by atoms with Gasteiger partial charge in [0.15, 0.2) is 0 Å². The van der Waals surface area contributed by atoms with Crippen LogP contribution < -0.4 is 10.1 Å². The summed E-state index contributed by atoms with van der Waals surface area (Å²) in [4.78, 5) is 15.1. The zero-order valence-corrected chi connectivity index (χ0v) is 16.0. The van der Waals surface area contributed by atoms with E-state index in [0.717, 1.165) is 37.1 Å². The molecule has 26 heavy (non-hydrogen) atoms. The average molecular weight is 357 g/mol. The van der Waals surface area contributed by atoms with Gasteiger partial charge in [-0.3, -0.25) is 9.69 Å². The van der Waals surface area contributed by atoms with Gasteiger partial charge in [0, 0.05) is 13.0 Å². The molecule has 3 aliphatic rings. The minimum atomic E-state index is 0.245. The van der Waals surface area contributed by atoms with Crippen molar-refractivity contribution in [2.75, 3.05) is 26.7 Å². The van der Waals surface area contributed by atoms with Gasteiger partial charge in [-0.05, 0) is 80.6 Å².